The van der Waals surface area contributed by atoms with Gasteiger partial charge in [0.25, 0.3) is 0 Å². The number of ether oxygens (including phenoxy) is 1. The number of rotatable bonds is 7. The predicted molar refractivity (Wildman–Crippen MR) is 131 cm³/mol. The molecule has 3 rings (SSSR count). The fourth-order valence-electron chi connectivity index (χ4n) is 2.99. The maximum Gasteiger partial charge on any atom is 0.242 e. The largest absolute Gasteiger partial charge is 0.508 e. The molecule has 3 aromatic carbocycles. The summed E-state index contributed by atoms with van der Waals surface area (Å²) in [5.41, 5.74) is 2.01. The van der Waals surface area contributed by atoms with E-state index in [0.29, 0.717) is 28.7 Å². The van der Waals surface area contributed by atoms with Gasteiger partial charge in [0.2, 0.25) is 10.0 Å². The number of nitrogens with zero attached hydrogens (tertiary/aromatic N) is 2. The number of phenolic OH excluding ortho intramolecular Hbond substituents is 1. The van der Waals surface area contributed by atoms with E-state index < -0.39 is 10.0 Å². The quantitative estimate of drug-likeness (QED) is 0.503. The van der Waals surface area contributed by atoms with Crippen molar-refractivity contribution in [3.63, 3.8) is 0 Å². The number of para-hydroxylation sites is 1. The maximum atomic E-state index is 12.5. The highest BCUT2D eigenvalue weighted by molar-refractivity contribution is 7.89. The van der Waals surface area contributed by atoms with Gasteiger partial charge in [-0.3, -0.25) is 0 Å². The van der Waals surface area contributed by atoms with Crippen molar-refractivity contribution in [2.75, 3.05) is 31.4 Å². The van der Waals surface area contributed by atoms with Crippen molar-refractivity contribution in [2.24, 2.45) is 0 Å². The van der Waals surface area contributed by atoms with E-state index in [1.54, 1.807) is 31.4 Å². The first-order valence-corrected chi connectivity index (χ1v) is 11.6. The molecule has 168 valence electrons. The topological polar surface area (TPSA) is 82.1 Å². The van der Waals surface area contributed by atoms with Crippen molar-refractivity contribution < 1.29 is 18.3 Å². The van der Waals surface area contributed by atoms with Crippen molar-refractivity contribution in [3.05, 3.63) is 78.4 Å². The Morgan fingerprint density at radius 3 is 2.34 bits per heavy atom. The van der Waals surface area contributed by atoms with Gasteiger partial charge in [-0.25, -0.2) is 12.7 Å². The minimum atomic E-state index is -3.58. The fraction of sp³-hybridized carbons (Fsp3) is 0.174. The minimum absolute atomic E-state index is 0.159. The second-order valence-corrected chi connectivity index (χ2v) is 9.70. The first kappa shape index (κ1) is 23.5. The lowest BCUT2D eigenvalue weighted by molar-refractivity contribution is 0.415. The van der Waals surface area contributed by atoms with Gasteiger partial charge in [0.05, 0.1) is 18.6 Å². The van der Waals surface area contributed by atoms with E-state index in [1.807, 2.05) is 41.3 Å². The van der Waals surface area contributed by atoms with Crippen molar-refractivity contribution in [3.8, 4) is 11.5 Å². The Morgan fingerprint density at radius 1 is 1.03 bits per heavy atom. The van der Waals surface area contributed by atoms with Gasteiger partial charge in [-0.1, -0.05) is 24.3 Å². The van der Waals surface area contributed by atoms with Crippen LogP contribution >= 0.6 is 12.2 Å². The van der Waals surface area contributed by atoms with Crippen LogP contribution in [0.25, 0.3) is 0 Å². The Labute approximate surface area is 193 Å². The van der Waals surface area contributed by atoms with Crippen LogP contribution in [-0.4, -0.2) is 44.1 Å². The number of hydrogen-bond acceptors (Lipinski definition) is 5. The Hall–Kier alpha value is -3.14. The summed E-state index contributed by atoms with van der Waals surface area (Å²) in [7, 11) is 0.981. The van der Waals surface area contributed by atoms with Crippen LogP contribution in [-0.2, 0) is 16.6 Å². The lowest BCUT2D eigenvalue weighted by Gasteiger charge is -2.27. The van der Waals surface area contributed by atoms with Crippen LogP contribution in [0.1, 0.15) is 5.56 Å². The van der Waals surface area contributed by atoms with E-state index >= 15 is 0 Å². The zero-order chi connectivity index (χ0) is 23.3. The second kappa shape index (κ2) is 9.99. The SMILES string of the molecule is COc1ccc(N(Cc2ccccc2O)C(=S)Nc2cccc(S(=O)(=O)N(C)C)c2)cc1. The molecule has 0 radical (unpaired) electrons. The second-order valence-electron chi connectivity index (χ2n) is 7.16. The smallest absolute Gasteiger partial charge is 0.242 e. The number of thiocarbonyl (C=S) groups is 1. The van der Waals surface area contributed by atoms with E-state index in [-0.39, 0.29) is 10.6 Å². The molecule has 0 aliphatic rings. The molecule has 9 heteroatoms. The summed E-state index contributed by atoms with van der Waals surface area (Å²) in [5.74, 6) is 0.865. The van der Waals surface area contributed by atoms with Gasteiger partial charge in [0.1, 0.15) is 11.5 Å². The zero-order valence-corrected chi connectivity index (χ0v) is 19.7. The Kier molecular flexibility index (Phi) is 7.34. The molecule has 32 heavy (non-hydrogen) atoms. The number of phenols is 1. The van der Waals surface area contributed by atoms with Crippen LogP contribution in [0.5, 0.6) is 11.5 Å². The Bertz CT molecular complexity index is 1200. The minimum Gasteiger partial charge on any atom is -0.508 e. The highest BCUT2D eigenvalue weighted by Crippen LogP contribution is 2.26. The number of benzene rings is 3. The summed E-state index contributed by atoms with van der Waals surface area (Å²) in [6, 6.07) is 20.9. The normalized spacial score (nSPS) is 11.2. The molecule has 0 amide bonds. The van der Waals surface area contributed by atoms with Crippen LogP contribution in [0, 0.1) is 0 Å². The van der Waals surface area contributed by atoms with Crippen LogP contribution in [0.4, 0.5) is 11.4 Å². The first-order chi connectivity index (χ1) is 15.2. The number of methoxy groups -OCH3 is 1. The molecule has 0 aliphatic carbocycles. The summed E-state index contributed by atoms with van der Waals surface area (Å²) < 4.78 is 31.4. The van der Waals surface area contributed by atoms with Crippen molar-refractivity contribution in [1.29, 1.82) is 0 Å². The number of nitrogens with one attached hydrogen (secondary N) is 1. The van der Waals surface area contributed by atoms with Gasteiger partial charge in [-0.15, -0.1) is 0 Å². The molecule has 0 saturated heterocycles. The van der Waals surface area contributed by atoms with Crippen LogP contribution in [0.3, 0.4) is 0 Å². The lowest BCUT2D eigenvalue weighted by atomic mass is 10.1. The third kappa shape index (κ3) is 5.37. The molecule has 0 heterocycles. The van der Waals surface area contributed by atoms with Crippen molar-refractivity contribution >= 4 is 38.7 Å². The summed E-state index contributed by atoms with van der Waals surface area (Å²) in [6.07, 6.45) is 0. The van der Waals surface area contributed by atoms with Crippen molar-refractivity contribution in [1.82, 2.24) is 4.31 Å². The molecular formula is C23H25N3O4S2. The molecule has 0 fully saturated rings. The zero-order valence-electron chi connectivity index (χ0n) is 18.0. The van der Waals surface area contributed by atoms with Gasteiger partial charge in [-0.2, -0.15) is 0 Å². The maximum absolute atomic E-state index is 12.5. The third-order valence-electron chi connectivity index (χ3n) is 4.81. The molecule has 0 aliphatic heterocycles. The van der Waals surface area contributed by atoms with E-state index in [0.717, 1.165) is 9.99 Å². The summed E-state index contributed by atoms with van der Waals surface area (Å²) in [5, 5.41) is 13.7. The fourth-order valence-corrected chi connectivity index (χ4v) is 4.23. The number of aromatic hydroxyl groups is 1. The lowest BCUT2D eigenvalue weighted by Crippen LogP contribution is -2.34. The van der Waals surface area contributed by atoms with Crippen LogP contribution < -0.4 is 15.0 Å². The molecule has 0 saturated carbocycles. The molecular weight excluding hydrogens is 446 g/mol. The van der Waals surface area contributed by atoms with E-state index in [4.69, 9.17) is 17.0 Å². The molecule has 0 bridgehead atoms. The Balaban J connectivity index is 1.92. The van der Waals surface area contributed by atoms with Gasteiger partial charge in [0.15, 0.2) is 5.11 Å². The molecule has 7 nitrogen and oxygen atoms in total. The molecule has 2 N–H and O–H groups in total. The summed E-state index contributed by atoms with van der Waals surface area (Å²) in [4.78, 5) is 1.98. The first-order valence-electron chi connectivity index (χ1n) is 9.74. The van der Waals surface area contributed by atoms with Gasteiger partial charge in [0, 0.05) is 31.0 Å². The van der Waals surface area contributed by atoms with Gasteiger partial charge >= 0.3 is 0 Å². The molecule has 0 aromatic heterocycles. The molecule has 0 atom stereocenters. The van der Waals surface area contributed by atoms with E-state index in [1.165, 1.54) is 26.2 Å². The highest BCUT2D eigenvalue weighted by atomic mass is 32.2. The number of anilines is 2. The van der Waals surface area contributed by atoms with Gasteiger partial charge in [-0.05, 0) is 60.7 Å². The van der Waals surface area contributed by atoms with E-state index in [9.17, 15) is 13.5 Å². The summed E-state index contributed by atoms with van der Waals surface area (Å²) >= 11 is 5.67. The summed E-state index contributed by atoms with van der Waals surface area (Å²) in [6.45, 7) is 0.306. The van der Waals surface area contributed by atoms with Crippen LogP contribution in [0.15, 0.2) is 77.7 Å². The van der Waals surface area contributed by atoms with E-state index in [2.05, 4.69) is 5.32 Å². The molecule has 3 aromatic rings. The highest BCUT2D eigenvalue weighted by Gasteiger charge is 2.19. The monoisotopic (exact) mass is 471 g/mol. The van der Waals surface area contributed by atoms with Gasteiger partial charge < -0.3 is 20.1 Å². The van der Waals surface area contributed by atoms with Crippen LogP contribution in [0.2, 0.25) is 0 Å². The third-order valence-corrected chi connectivity index (χ3v) is 6.95. The number of sulfonamides is 1. The average molecular weight is 472 g/mol. The predicted octanol–water partition coefficient (Wildman–Crippen LogP) is 4.05. The molecule has 0 spiro atoms. The standard InChI is InChI=1S/C23H25N3O4S2/c1-25(2)32(28,29)21-9-6-8-18(15-21)24-23(31)26(16-17-7-4-5-10-22(17)27)19-11-13-20(30-3)14-12-19/h4-15,27H,16H2,1-3H3,(H,24,31). The van der Waals surface area contributed by atoms with Crippen molar-refractivity contribution in [2.45, 2.75) is 11.4 Å². The number of hydrogen-bond donors (Lipinski definition) is 2. The Morgan fingerprint density at radius 2 is 1.72 bits per heavy atom. The molecule has 0 unspecified atom stereocenters. The average Bonchev–Trinajstić information content (AvgIpc) is 2.78.